The summed E-state index contributed by atoms with van der Waals surface area (Å²) >= 11 is 0. The predicted octanol–water partition coefficient (Wildman–Crippen LogP) is 0.257. The van der Waals surface area contributed by atoms with Crippen LogP contribution in [0.15, 0.2) is 11.9 Å². The van der Waals surface area contributed by atoms with Crippen molar-refractivity contribution in [3.05, 3.63) is 11.9 Å². The normalized spacial score (nSPS) is 23.5. The van der Waals surface area contributed by atoms with Crippen LogP contribution in [0.3, 0.4) is 0 Å². The molecule has 4 nitrogen and oxygen atoms in total. The molecule has 1 N–H and O–H groups in total. The fourth-order valence-corrected chi connectivity index (χ4v) is 1.31. The average Bonchev–Trinajstić information content (AvgIpc) is 2.13. The van der Waals surface area contributed by atoms with Gasteiger partial charge >= 0.3 is 0 Å². The zero-order valence-electron chi connectivity index (χ0n) is 8.34. The number of amides is 1. The molecular weight excluding hydrogens is 168 g/mol. The van der Waals surface area contributed by atoms with Crippen LogP contribution in [-0.2, 0) is 9.59 Å². The van der Waals surface area contributed by atoms with Crippen molar-refractivity contribution in [2.45, 2.75) is 26.3 Å². The highest BCUT2D eigenvalue weighted by atomic mass is 16.2. The van der Waals surface area contributed by atoms with Crippen molar-refractivity contribution in [2.24, 2.45) is 0 Å². The van der Waals surface area contributed by atoms with Gasteiger partial charge in [-0.25, -0.2) is 0 Å². The molecule has 0 aliphatic carbocycles. The number of allylic oxidation sites excluding steroid dienone is 1. The fourth-order valence-electron chi connectivity index (χ4n) is 1.31. The van der Waals surface area contributed by atoms with Crippen LogP contribution in [0.5, 0.6) is 0 Å². The molecule has 1 aliphatic rings. The molecule has 0 aromatic heterocycles. The zero-order chi connectivity index (χ0) is 10.2. The van der Waals surface area contributed by atoms with Gasteiger partial charge in [-0.15, -0.1) is 0 Å². The Morgan fingerprint density at radius 3 is 2.38 bits per heavy atom. The van der Waals surface area contributed by atoms with E-state index in [1.807, 2.05) is 0 Å². The minimum Gasteiger partial charge on any atom is -0.358 e. The second-order valence-electron chi connectivity index (χ2n) is 3.75. The molecule has 72 valence electrons. The lowest BCUT2D eigenvalue weighted by Gasteiger charge is -2.13. The van der Waals surface area contributed by atoms with E-state index < -0.39 is 5.54 Å². The Morgan fingerprint density at radius 1 is 1.54 bits per heavy atom. The molecule has 0 atom stereocenters. The number of nitrogens with zero attached hydrogens (tertiary/aromatic N) is 1. The van der Waals surface area contributed by atoms with Gasteiger partial charge in [-0.1, -0.05) is 0 Å². The van der Waals surface area contributed by atoms with E-state index in [9.17, 15) is 9.59 Å². The molecule has 13 heavy (non-hydrogen) atoms. The summed E-state index contributed by atoms with van der Waals surface area (Å²) in [6.45, 7) is 5.03. The van der Waals surface area contributed by atoms with E-state index >= 15 is 0 Å². The first kappa shape index (κ1) is 9.77. The summed E-state index contributed by atoms with van der Waals surface area (Å²) in [6, 6.07) is 0. The van der Waals surface area contributed by atoms with E-state index in [0.717, 1.165) is 0 Å². The second-order valence-corrected chi connectivity index (χ2v) is 3.75. The Labute approximate surface area is 77.6 Å². The molecule has 0 aromatic carbocycles. The number of rotatable bonds is 1. The van der Waals surface area contributed by atoms with Crippen LogP contribution in [0, 0.1) is 0 Å². The van der Waals surface area contributed by atoms with Gasteiger partial charge in [-0.3, -0.25) is 14.5 Å². The van der Waals surface area contributed by atoms with Gasteiger partial charge in [-0.05, 0) is 20.8 Å². The molecule has 0 bridgehead atoms. The first-order valence-electron chi connectivity index (χ1n) is 4.13. The number of carbonyl (C=O) groups is 2. The summed E-state index contributed by atoms with van der Waals surface area (Å²) in [4.78, 5) is 23.8. The van der Waals surface area contributed by atoms with Gasteiger partial charge in [0.2, 0.25) is 0 Å². The van der Waals surface area contributed by atoms with E-state index in [1.165, 1.54) is 17.9 Å². The largest absolute Gasteiger partial charge is 0.358 e. The predicted molar refractivity (Wildman–Crippen MR) is 48.7 cm³/mol. The van der Waals surface area contributed by atoms with Gasteiger partial charge in [0.25, 0.3) is 5.91 Å². The quantitative estimate of drug-likeness (QED) is 0.592. The van der Waals surface area contributed by atoms with E-state index in [-0.39, 0.29) is 11.7 Å². The van der Waals surface area contributed by atoms with Crippen molar-refractivity contribution >= 4 is 11.7 Å². The average molecular weight is 182 g/mol. The molecule has 1 saturated heterocycles. The Hall–Kier alpha value is -1.32. The highest BCUT2D eigenvalue weighted by Gasteiger charge is 2.39. The van der Waals surface area contributed by atoms with Crippen molar-refractivity contribution in [3.63, 3.8) is 0 Å². The van der Waals surface area contributed by atoms with Gasteiger partial charge in [0.15, 0.2) is 5.78 Å². The Balaban J connectivity index is 2.97. The Bertz CT molecular complexity index is 292. The molecule has 1 rings (SSSR count). The molecule has 0 radical (unpaired) electrons. The monoisotopic (exact) mass is 182 g/mol. The van der Waals surface area contributed by atoms with Crippen molar-refractivity contribution < 1.29 is 9.59 Å². The summed E-state index contributed by atoms with van der Waals surface area (Å²) in [7, 11) is 1.65. The summed E-state index contributed by atoms with van der Waals surface area (Å²) in [5, 5.41) is 2.98. The third-order valence-electron chi connectivity index (χ3n) is 1.98. The first-order chi connectivity index (χ1) is 5.84. The van der Waals surface area contributed by atoms with Crippen LogP contribution in [-0.4, -0.2) is 29.2 Å². The van der Waals surface area contributed by atoms with Gasteiger partial charge in [0, 0.05) is 13.1 Å². The van der Waals surface area contributed by atoms with Crippen LogP contribution in [0.25, 0.3) is 0 Å². The maximum Gasteiger partial charge on any atom is 0.252 e. The maximum atomic E-state index is 11.5. The molecule has 0 unspecified atom stereocenters. The molecule has 0 aromatic rings. The van der Waals surface area contributed by atoms with Gasteiger partial charge in [0.1, 0.15) is 11.4 Å². The minimum absolute atomic E-state index is 0.0278. The van der Waals surface area contributed by atoms with Gasteiger partial charge < -0.3 is 5.32 Å². The van der Waals surface area contributed by atoms with Gasteiger partial charge in [0.05, 0.1) is 0 Å². The standard InChI is InChI=1S/C9H14N2O2/c1-6(12)5-7-10-9(2,3)8(13)11(7)4/h5,10H,1-4H3/b7-5+. The summed E-state index contributed by atoms with van der Waals surface area (Å²) in [5.41, 5.74) is -0.601. The zero-order valence-corrected chi connectivity index (χ0v) is 8.34. The smallest absolute Gasteiger partial charge is 0.252 e. The number of hydrogen-bond donors (Lipinski definition) is 1. The number of nitrogens with one attached hydrogen (secondary N) is 1. The topological polar surface area (TPSA) is 49.4 Å². The highest BCUT2D eigenvalue weighted by Crippen LogP contribution is 2.20. The molecule has 0 saturated carbocycles. The molecule has 1 amide bonds. The third-order valence-corrected chi connectivity index (χ3v) is 1.98. The van der Waals surface area contributed by atoms with Crippen LogP contribution in [0.4, 0.5) is 0 Å². The highest BCUT2D eigenvalue weighted by molar-refractivity contribution is 5.93. The molecule has 1 heterocycles. The summed E-state index contributed by atoms with van der Waals surface area (Å²) in [5.74, 6) is 0.474. The molecule has 4 heteroatoms. The molecule has 1 aliphatic heterocycles. The van der Waals surface area contributed by atoms with Crippen LogP contribution in [0.1, 0.15) is 20.8 Å². The first-order valence-corrected chi connectivity index (χ1v) is 4.13. The number of carbonyl (C=O) groups excluding carboxylic acids is 2. The SMILES string of the molecule is CC(=O)/C=C1\NC(C)(C)C(=O)N1C. The lowest BCUT2D eigenvalue weighted by Crippen LogP contribution is -2.39. The fraction of sp³-hybridized carbons (Fsp3) is 0.556. The van der Waals surface area contributed by atoms with E-state index in [1.54, 1.807) is 20.9 Å². The molecule has 1 fully saturated rings. The Morgan fingerprint density at radius 2 is 2.08 bits per heavy atom. The lowest BCUT2D eigenvalue weighted by molar-refractivity contribution is -0.129. The minimum atomic E-state index is -0.601. The van der Waals surface area contributed by atoms with Crippen molar-refractivity contribution in [1.82, 2.24) is 10.2 Å². The summed E-state index contributed by atoms with van der Waals surface area (Å²) < 4.78 is 0. The van der Waals surface area contributed by atoms with Crippen molar-refractivity contribution in [1.29, 1.82) is 0 Å². The third kappa shape index (κ3) is 1.71. The molecule has 0 spiro atoms. The van der Waals surface area contributed by atoms with Crippen molar-refractivity contribution in [2.75, 3.05) is 7.05 Å². The van der Waals surface area contributed by atoms with Crippen LogP contribution < -0.4 is 5.32 Å². The van der Waals surface area contributed by atoms with Crippen molar-refractivity contribution in [3.8, 4) is 0 Å². The van der Waals surface area contributed by atoms with E-state index in [2.05, 4.69) is 5.32 Å². The van der Waals surface area contributed by atoms with E-state index in [0.29, 0.717) is 5.82 Å². The number of hydrogen-bond acceptors (Lipinski definition) is 3. The number of likely N-dealkylation sites (N-methyl/N-ethyl adjacent to an activating group) is 1. The van der Waals surface area contributed by atoms with Crippen LogP contribution >= 0.6 is 0 Å². The van der Waals surface area contributed by atoms with Gasteiger partial charge in [-0.2, -0.15) is 0 Å². The maximum absolute atomic E-state index is 11.5. The molecular formula is C9H14N2O2. The number of ketones is 1. The second kappa shape index (κ2) is 2.87. The van der Waals surface area contributed by atoms with E-state index in [4.69, 9.17) is 0 Å². The lowest BCUT2D eigenvalue weighted by atomic mass is 10.1. The van der Waals surface area contributed by atoms with Crippen LogP contribution in [0.2, 0.25) is 0 Å². The Kier molecular flexibility index (Phi) is 2.15. The summed E-state index contributed by atoms with van der Waals surface area (Å²) in [6.07, 6.45) is 1.42.